The van der Waals surface area contributed by atoms with Crippen LogP contribution >= 0.6 is 11.6 Å². The standard InChI is InChI=1S/C46H71ClN10O14/c1-2-71-46(70)53-30(10-4-6-21-57(22-31(60)36(64)38(66)33(62)24-58)23-32(61)37(65)39(67)34(63)25-59)43(68)51-20-7-9-27-13-17-29(18-14-27)28-15-11-26(12-16-28)8-3-5-19-52-45(50)56-44(69)35-41(48)55-42(49)40(47)54-35/h11-18,30-34,36-39,58-67H,2-10,19-25H2,1H3,(H,51,68)(H,53,70)(H4,48,49,55)(H3,50,52,56,69)/t30-,31-,32-,33+,34+,36+,37+,38+,39+/m0/s1. The lowest BCUT2D eigenvalue weighted by Crippen LogP contribution is -2.53. The van der Waals surface area contributed by atoms with Crippen LogP contribution < -0.4 is 32.7 Å². The second kappa shape index (κ2) is 31.2. The molecular formula is C46H71ClN10O14. The number of aryl methyl sites for hydroxylation is 2. The number of nitrogens with one attached hydrogen (secondary N) is 5. The number of aliphatic hydroxyl groups excluding tert-OH is 10. The number of ether oxygens (including phenoxy) is 1. The van der Waals surface area contributed by atoms with Gasteiger partial charge in [0.25, 0.3) is 5.91 Å². The molecule has 0 radical (unpaired) electrons. The monoisotopic (exact) mass is 1020 g/mol. The SMILES string of the molecule is CCOC(=O)N[C@@H](CCCCN(C[C@H](O)[C@@H](O)[C@H](O)[C@H](O)CO)C[C@H](O)[C@@H](O)[C@H](O)[C@H](O)CO)C(=O)NCCCc1ccc(-c2ccc(CCCCNC(=N)NC(=O)c3nc(Cl)c(N)nc3N)cc2)cc1. The van der Waals surface area contributed by atoms with Crippen molar-refractivity contribution in [2.45, 2.75) is 113 Å². The van der Waals surface area contributed by atoms with E-state index >= 15 is 0 Å². The molecule has 2 aromatic carbocycles. The van der Waals surface area contributed by atoms with E-state index in [1.165, 1.54) is 4.90 Å². The van der Waals surface area contributed by atoms with Crippen LogP contribution in [0.25, 0.3) is 11.1 Å². The number of nitrogens with two attached hydrogens (primary N) is 2. The molecule has 0 aliphatic carbocycles. The number of nitrogens with zero attached hydrogens (tertiary/aromatic N) is 3. The van der Waals surface area contributed by atoms with E-state index in [1.807, 2.05) is 36.4 Å². The lowest BCUT2D eigenvalue weighted by atomic mass is 9.99. The molecule has 0 saturated carbocycles. The van der Waals surface area contributed by atoms with Crippen LogP contribution in [0.5, 0.6) is 0 Å². The van der Waals surface area contributed by atoms with Crippen LogP contribution in [0.3, 0.4) is 0 Å². The zero-order valence-corrected chi connectivity index (χ0v) is 40.4. The Morgan fingerprint density at radius 1 is 0.690 bits per heavy atom. The third-order valence-corrected chi connectivity index (χ3v) is 11.7. The predicted molar refractivity (Wildman–Crippen MR) is 262 cm³/mol. The van der Waals surface area contributed by atoms with Crippen molar-refractivity contribution in [2.75, 3.05) is 64.0 Å². The molecule has 19 N–H and O–H groups in total. The minimum absolute atomic E-state index is 0.0420. The molecule has 3 rings (SSSR count). The minimum atomic E-state index is -1.94. The maximum atomic E-state index is 13.3. The Balaban J connectivity index is 1.46. The predicted octanol–water partition coefficient (Wildman–Crippen LogP) is -2.25. The van der Waals surface area contributed by atoms with Crippen LogP contribution in [0, 0.1) is 5.41 Å². The fourth-order valence-electron chi connectivity index (χ4n) is 7.24. The van der Waals surface area contributed by atoms with Crippen molar-refractivity contribution >= 4 is 47.1 Å². The highest BCUT2D eigenvalue weighted by molar-refractivity contribution is 6.31. The van der Waals surface area contributed by atoms with Crippen molar-refractivity contribution in [3.05, 3.63) is 70.5 Å². The van der Waals surface area contributed by atoms with Crippen molar-refractivity contribution in [1.29, 1.82) is 5.41 Å². The first kappa shape index (κ1) is 60.0. The average Bonchev–Trinajstić information content (AvgIpc) is 3.35. The van der Waals surface area contributed by atoms with Crippen molar-refractivity contribution in [3.8, 4) is 11.1 Å². The lowest BCUT2D eigenvalue weighted by molar-refractivity contribution is -0.130. The van der Waals surface area contributed by atoms with Gasteiger partial charge in [-0.15, -0.1) is 0 Å². The normalized spacial score (nSPS) is 15.3. The van der Waals surface area contributed by atoms with Gasteiger partial charge in [-0.1, -0.05) is 60.1 Å². The van der Waals surface area contributed by atoms with Gasteiger partial charge in [0, 0.05) is 26.2 Å². The number of nitrogen functional groups attached to an aromatic ring is 2. The quantitative estimate of drug-likeness (QED) is 0.0184. The summed E-state index contributed by atoms with van der Waals surface area (Å²) >= 11 is 5.83. The van der Waals surface area contributed by atoms with Crippen LogP contribution in [0.1, 0.15) is 67.1 Å². The Morgan fingerprint density at radius 2 is 1.20 bits per heavy atom. The van der Waals surface area contributed by atoms with Crippen LogP contribution in [0.4, 0.5) is 16.4 Å². The van der Waals surface area contributed by atoms with E-state index in [4.69, 9.17) is 43.4 Å². The van der Waals surface area contributed by atoms with E-state index < -0.39 is 99.1 Å². The molecule has 3 aromatic rings. The summed E-state index contributed by atoms with van der Waals surface area (Å²) in [5.74, 6) is -1.72. The number of aliphatic hydroxyl groups is 10. The van der Waals surface area contributed by atoms with Crippen LogP contribution in [0.2, 0.25) is 5.15 Å². The first-order valence-electron chi connectivity index (χ1n) is 23.3. The minimum Gasteiger partial charge on any atom is -0.450 e. The number of anilines is 2. The molecule has 1 heterocycles. The maximum Gasteiger partial charge on any atom is 0.407 e. The highest BCUT2D eigenvalue weighted by Gasteiger charge is 2.34. The largest absolute Gasteiger partial charge is 0.450 e. The Bertz CT molecular complexity index is 2070. The summed E-state index contributed by atoms with van der Waals surface area (Å²) in [6, 6.07) is 15.3. The molecule has 0 spiro atoms. The summed E-state index contributed by atoms with van der Waals surface area (Å²) in [5, 5.41) is 118. The van der Waals surface area contributed by atoms with E-state index in [0.29, 0.717) is 25.9 Å². The smallest absolute Gasteiger partial charge is 0.407 e. The van der Waals surface area contributed by atoms with Gasteiger partial charge >= 0.3 is 6.09 Å². The van der Waals surface area contributed by atoms with Gasteiger partial charge in [0.1, 0.15) is 42.7 Å². The number of alkyl carbamates (subject to hydrolysis) is 1. The molecule has 0 unspecified atom stereocenters. The molecular weight excluding hydrogens is 952 g/mol. The Kier molecular flexibility index (Phi) is 26.3. The van der Waals surface area contributed by atoms with Gasteiger partial charge in [0.05, 0.1) is 32.0 Å². The first-order valence-corrected chi connectivity index (χ1v) is 23.7. The number of hydrogen-bond donors (Lipinski definition) is 17. The van der Waals surface area contributed by atoms with Gasteiger partial charge in [0.2, 0.25) is 5.91 Å². The maximum absolute atomic E-state index is 13.3. The number of aromatic nitrogens is 2. The Labute approximate surface area is 416 Å². The highest BCUT2D eigenvalue weighted by Crippen LogP contribution is 2.22. The molecule has 0 saturated heterocycles. The van der Waals surface area contributed by atoms with Crippen molar-refractivity contribution < 1.29 is 70.2 Å². The van der Waals surface area contributed by atoms with Gasteiger partial charge < -0.3 is 83.2 Å². The van der Waals surface area contributed by atoms with Crippen molar-refractivity contribution in [2.24, 2.45) is 0 Å². The molecule has 0 aliphatic heterocycles. The Morgan fingerprint density at radius 3 is 1.72 bits per heavy atom. The van der Waals surface area contributed by atoms with E-state index in [9.17, 15) is 55.2 Å². The van der Waals surface area contributed by atoms with Gasteiger partial charge in [-0.3, -0.25) is 25.2 Å². The molecule has 396 valence electrons. The first-order chi connectivity index (χ1) is 33.8. The molecule has 1 aromatic heterocycles. The molecule has 24 nitrogen and oxygen atoms in total. The number of unbranched alkanes of at least 4 members (excludes halogenated alkanes) is 2. The van der Waals surface area contributed by atoms with Gasteiger partial charge in [-0.25, -0.2) is 14.8 Å². The van der Waals surface area contributed by atoms with E-state index in [-0.39, 0.29) is 60.9 Å². The molecule has 9 atom stereocenters. The van der Waals surface area contributed by atoms with Crippen molar-refractivity contribution in [3.63, 3.8) is 0 Å². The van der Waals surface area contributed by atoms with Crippen LogP contribution in [0.15, 0.2) is 48.5 Å². The molecule has 0 bridgehead atoms. The number of halogens is 1. The van der Waals surface area contributed by atoms with Gasteiger partial charge in [-0.2, -0.15) is 0 Å². The summed E-state index contributed by atoms with van der Waals surface area (Å²) in [5.41, 5.74) is 15.3. The third kappa shape index (κ3) is 20.4. The second-order valence-electron chi connectivity index (χ2n) is 16.9. The van der Waals surface area contributed by atoms with E-state index in [0.717, 1.165) is 41.5 Å². The zero-order chi connectivity index (χ0) is 52.6. The van der Waals surface area contributed by atoms with E-state index in [2.05, 4.69) is 43.4 Å². The lowest BCUT2D eigenvalue weighted by Gasteiger charge is -2.33. The molecule has 0 aliphatic rings. The fourth-order valence-corrected chi connectivity index (χ4v) is 7.37. The summed E-state index contributed by atoms with van der Waals surface area (Å²) in [6.45, 7) is -0.234. The molecule has 0 fully saturated rings. The number of amides is 3. The number of benzene rings is 2. The molecule has 71 heavy (non-hydrogen) atoms. The second-order valence-corrected chi connectivity index (χ2v) is 17.3. The van der Waals surface area contributed by atoms with Crippen LogP contribution in [-0.4, -0.2) is 197 Å². The number of rotatable bonds is 31. The van der Waals surface area contributed by atoms with E-state index in [1.54, 1.807) is 6.92 Å². The molecule has 25 heteroatoms. The summed E-state index contributed by atoms with van der Waals surface area (Å²) in [7, 11) is 0. The van der Waals surface area contributed by atoms with Crippen LogP contribution in [-0.2, 0) is 22.4 Å². The fraction of sp³-hybridized carbons (Fsp3) is 0.565. The topological polar surface area (TPSA) is 416 Å². The molecule has 3 amide bonds. The summed E-state index contributed by atoms with van der Waals surface area (Å²) in [6.07, 6.45) is -11.3. The van der Waals surface area contributed by atoms with Gasteiger partial charge in [-0.05, 0) is 87.1 Å². The van der Waals surface area contributed by atoms with Gasteiger partial charge in [0.15, 0.2) is 28.4 Å². The zero-order valence-electron chi connectivity index (χ0n) is 39.6. The third-order valence-electron chi connectivity index (χ3n) is 11.4. The summed E-state index contributed by atoms with van der Waals surface area (Å²) < 4.78 is 5.00. The summed E-state index contributed by atoms with van der Waals surface area (Å²) in [4.78, 5) is 47.0. The number of carbonyl (C=O) groups is 3. The number of guanidine groups is 1. The van der Waals surface area contributed by atoms with Crippen molar-refractivity contribution in [1.82, 2.24) is 36.1 Å². The average molecular weight is 1020 g/mol. The Hall–Kier alpha value is -5.35. The highest BCUT2D eigenvalue weighted by atomic mass is 35.5. The number of carbonyl (C=O) groups excluding carboxylic acids is 3. The number of hydrogen-bond acceptors (Lipinski definition) is 20.